The monoisotopic (exact) mass is 588 g/mol. The van der Waals surface area contributed by atoms with Crippen molar-refractivity contribution in [3.05, 3.63) is 36.5 Å². The molecule has 1 saturated carbocycles. The largest absolute Gasteiger partial charge is 0.461 e. The van der Waals surface area contributed by atoms with Gasteiger partial charge in [-0.25, -0.2) is 0 Å². The van der Waals surface area contributed by atoms with Gasteiger partial charge in [-0.1, -0.05) is 84.1 Å². The highest BCUT2D eigenvalue weighted by Crippen LogP contribution is 2.67. The Morgan fingerprint density at radius 1 is 1.02 bits per heavy atom. The fraction of sp³-hybridized carbons (Fsp3) is 0.735. The third-order valence-corrected chi connectivity index (χ3v) is 9.92. The zero-order valence-corrected chi connectivity index (χ0v) is 26.3. The molecule has 42 heavy (non-hydrogen) atoms. The topological polar surface area (TPSA) is 108 Å². The summed E-state index contributed by atoms with van der Waals surface area (Å²) >= 11 is 0. The number of hydrogen-bond donors (Lipinski definition) is 1. The lowest BCUT2D eigenvalue weighted by Crippen LogP contribution is -2.63. The molecule has 3 aliphatic rings. The van der Waals surface area contributed by atoms with Crippen LogP contribution in [0.4, 0.5) is 0 Å². The van der Waals surface area contributed by atoms with Crippen LogP contribution in [0.5, 0.6) is 0 Å². The molecule has 3 rings (SSSR count). The molecule has 0 amide bonds. The molecule has 1 saturated heterocycles. The Labute approximate surface area is 251 Å². The maximum absolute atomic E-state index is 13.3. The van der Waals surface area contributed by atoms with Crippen LogP contribution in [0.15, 0.2) is 36.5 Å². The van der Waals surface area contributed by atoms with E-state index in [2.05, 4.69) is 33.9 Å². The first-order chi connectivity index (χ1) is 19.9. The van der Waals surface area contributed by atoms with Crippen molar-refractivity contribution >= 4 is 17.9 Å². The molecule has 0 unspecified atom stereocenters. The predicted octanol–water partition coefficient (Wildman–Crippen LogP) is 6.71. The summed E-state index contributed by atoms with van der Waals surface area (Å²) in [4.78, 5) is 37.9. The molecular formula is C34H52O8. The predicted molar refractivity (Wildman–Crippen MR) is 160 cm³/mol. The first-order valence-corrected chi connectivity index (χ1v) is 15.8. The minimum Gasteiger partial charge on any atom is -0.461 e. The molecule has 236 valence electrons. The molecule has 0 aromatic carbocycles. The van der Waals surface area contributed by atoms with Gasteiger partial charge >= 0.3 is 17.9 Å². The Bertz CT molecular complexity index is 1030. The van der Waals surface area contributed by atoms with Crippen LogP contribution in [-0.2, 0) is 33.3 Å². The summed E-state index contributed by atoms with van der Waals surface area (Å²) in [6, 6.07) is 0. The highest BCUT2D eigenvalue weighted by atomic mass is 16.8. The third kappa shape index (κ3) is 7.36. The lowest BCUT2D eigenvalue weighted by Gasteiger charge is -2.60. The average molecular weight is 589 g/mol. The second-order valence-corrected chi connectivity index (χ2v) is 12.8. The SMILES string of the molecule is C=CC(=C)CC[C@@]1(C)[C@H]2C[C@@H](O)C=C3[C@@H](OC(C)=O)O[C@@H](OC(C)=O)[C@]32[C@H](OC(=O)CCCCCCCCC)C[C@@H]1C. The molecule has 2 fully saturated rings. The molecule has 8 nitrogen and oxygen atoms in total. The number of ether oxygens (including phenoxy) is 4. The van der Waals surface area contributed by atoms with Gasteiger partial charge in [-0.15, -0.1) is 0 Å². The van der Waals surface area contributed by atoms with E-state index in [1.807, 2.05) is 0 Å². The Morgan fingerprint density at radius 3 is 2.29 bits per heavy atom. The number of rotatable bonds is 15. The normalized spacial score (nSPS) is 33.5. The van der Waals surface area contributed by atoms with Crippen molar-refractivity contribution in [1.82, 2.24) is 0 Å². The van der Waals surface area contributed by atoms with Crippen LogP contribution in [0, 0.1) is 22.7 Å². The van der Waals surface area contributed by atoms with Gasteiger partial charge < -0.3 is 19.3 Å². The van der Waals surface area contributed by atoms with Gasteiger partial charge in [0.1, 0.15) is 11.5 Å². The Hall–Kier alpha value is -2.45. The number of carbonyl (C=O) groups excluding carboxylic acids is 3. The number of hydrogen-bond acceptors (Lipinski definition) is 8. The van der Waals surface area contributed by atoms with Crippen LogP contribution in [0.25, 0.3) is 0 Å². The van der Waals surface area contributed by atoms with E-state index in [1.54, 1.807) is 12.2 Å². The minimum absolute atomic E-state index is 0.0828. The molecule has 0 aromatic heterocycles. The zero-order chi connectivity index (χ0) is 31.1. The highest BCUT2D eigenvalue weighted by Gasteiger charge is 2.72. The summed E-state index contributed by atoms with van der Waals surface area (Å²) in [6.45, 7) is 17.1. The molecule has 1 spiro atoms. The van der Waals surface area contributed by atoms with Crippen molar-refractivity contribution in [2.24, 2.45) is 22.7 Å². The average Bonchev–Trinajstić information content (AvgIpc) is 3.21. The quantitative estimate of drug-likeness (QED) is 0.0739. The summed E-state index contributed by atoms with van der Waals surface area (Å²) < 4.78 is 23.9. The number of carbonyl (C=O) groups is 3. The standard InChI is InChI=1S/C34H52O8/c1-8-10-11-12-13-14-15-16-30(38)41-29-19-23(4)33(7,18-17-22(3)9-2)28-21-26(37)20-27-31(39-24(5)35)42-32(34(27,28)29)40-25(6)36/h9,20,23,26,28-29,31-32,37H,2-3,8,10-19,21H2,1,4-7H3/t23-,26-,28+,29+,31-,32+,33+,34+/m0/s1. The van der Waals surface area contributed by atoms with Gasteiger partial charge in [-0.05, 0) is 55.4 Å². The van der Waals surface area contributed by atoms with E-state index >= 15 is 0 Å². The lowest BCUT2D eigenvalue weighted by molar-refractivity contribution is -0.257. The molecule has 8 atom stereocenters. The Kier molecular flexibility index (Phi) is 12.0. The van der Waals surface area contributed by atoms with E-state index in [0.29, 0.717) is 31.3 Å². The van der Waals surface area contributed by atoms with Crippen molar-refractivity contribution in [1.29, 1.82) is 0 Å². The maximum atomic E-state index is 13.3. The second-order valence-electron chi connectivity index (χ2n) is 12.8. The third-order valence-electron chi connectivity index (χ3n) is 9.92. The molecule has 0 bridgehead atoms. The van der Waals surface area contributed by atoms with Crippen LogP contribution >= 0.6 is 0 Å². The van der Waals surface area contributed by atoms with E-state index < -0.39 is 42.1 Å². The number of unbranched alkanes of at least 4 members (excludes halogenated alkanes) is 6. The summed E-state index contributed by atoms with van der Waals surface area (Å²) in [5.41, 5.74) is -0.106. The number of allylic oxidation sites excluding steroid dienone is 2. The van der Waals surface area contributed by atoms with Gasteiger partial charge in [0.15, 0.2) is 0 Å². The Balaban J connectivity index is 2.00. The summed E-state index contributed by atoms with van der Waals surface area (Å²) in [5.74, 6) is -1.67. The van der Waals surface area contributed by atoms with E-state index in [4.69, 9.17) is 18.9 Å². The van der Waals surface area contributed by atoms with E-state index in [1.165, 1.54) is 39.5 Å². The van der Waals surface area contributed by atoms with Crippen LogP contribution in [0.2, 0.25) is 0 Å². The van der Waals surface area contributed by atoms with Crippen LogP contribution in [-0.4, -0.2) is 47.8 Å². The smallest absolute Gasteiger partial charge is 0.306 e. The molecule has 1 aliphatic heterocycles. The van der Waals surface area contributed by atoms with E-state index in [9.17, 15) is 19.5 Å². The van der Waals surface area contributed by atoms with Crippen LogP contribution in [0.3, 0.4) is 0 Å². The van der Waals surface area contributed by atoms with E-state index in [0.717, 1.165) is 31.3 Å². The van der Waals surface area contributed by atoms with Crippen molar-refractivity contribution in [3.8, 4) is 0 Å². The first kappa shape index (κ1) is 34.0. The van der Waals surface area contributed by atoms with Crippen LogP contribution < -0.4 is 0 Å². The van der Waals surface area contributed by atoms with Crippen molar-refractivity contribution in [3.63, 3.8) is 0 Å². The van der Waals surface area contributed by atoms with Crippen molar-refractivity contribution in [2.75, 3.05) is 0 Å². The lowest BCUT2D eigenvalue weighted by atomic mass is 9.45. The highest BCUT2D eigenvalue weighted by molar-refractivity contribution is 5.70. The summed E-state index contributed by atoms with van der Waals surface area (Å²) in [6.07, 6.45) is 9.69. The van der Waals surface area contributed by atoms with Gasteiger partial charge in [0, 0.05) is 25.8 Å². The maximum Gasteiger partial charge on any atom is 0.306 e. The van der Waals surface area contributed by atoms with Gasteiger partial charge in [0.05, 0.1) is 6.10 Å². The van der Waals surface area contributed by atoms with Gasteiger partial charge in [-0.3, -0.25) is 19.1 Å². The molecular weight excluding hydrogens is 536 g/mol. The molecule has 2 aliphatic carbocycles. The molecule has 1 heterocycles. The fourth-order valence-electron chi connectivity index (χ4n) is 7.50. The Morgan fingerprint density at radius 2 is 1.67 bits per heavy atom. The molecule has 8 heteroatoms. The number of aliphatic hydroxyl groups is 1. The number of aliphatic hydroxyl groups excluding tert-OH is 1. The summed E-state index contributed by atoms with van der Waals surface area (Å²) in [7, 11) is 0. The van der Waals surface area contributed by atoms with Crippen LogP contribution in [0.1, 0.15) is 112 Å². The van der Waals surface area contributed by atoms with Gasteiger partial charge in [-0.2, -0.15) is 0 Å². The van der Waals surface area contributed by atoms with Gasteiger partial charge in [0.25, 0.3) is 0 Å². The molecule has 0 aromatic rings. The second kappa shape index (κ2) is 14.8. The van der Waals surface area contributed by atoms with E-state index in [-0.39, 0.29) is 23.2 Å². The van der Waals surface area contributed by atoms with Crippen molar-refractivity contribution < 1.29 is 38.4 Å². The molecule has 0 radical (unpaired) electrons. The summed E-state index contributed by atoms with van der Waals surface area (Å²) in [5, 5.41) is 11.1. The van der Waals surface area contributed by atoms with Crippen molar-refractivity contribution in [2.45, 2.75) is 136 Å². The number of esters is 3. The minimum atomic E-state index is -1.17. The molecule has 1 N–H and O–H groups in total. The first-order valence-electron chi connectivity index (χ1n) is 15.8. The fourth-order valence-corrected chi connectivity index (χ4v) is 7.50. The van der Waals surface area contributed by atoms with Gasteiger partial charge in [0.2, 0.25) is 12.6 Å². The zero-order valence-electron chi connectivity index (χ0n) is 26.3.